The van der Waals surface area contributed by atoms with Crippen LogP contribution in [-0.2, 0) is 17.8 Å². The molecule has 1 aliphatic carbocycles. The van der Waals surface area contributed by atoms with E-state index in [1.807, 2.05) is 63.4 Å². The summed E-state index contributed by atoms with van der Waals surface area (Å²) in [5, 5.41) is 17.0. The highest BCUT2D eigenvalue weighted by Crippen LogP contribution is 2.51. The van der Waals surface area contributed by atoms with E-state index in [1.54, 1.807) is 0 Å². The van der Waals surface area contributed by atoms with Crippen LogP contribution in [0.4, 0.5) is 10.6 Å². The van der Waals surface area contributed by atoms with Crippen LogP contribution in [0.3, 0.4) is 0 Å². The Morgan fingerprint density at radius 1 is 1.00 bits per heavy atom. The molecule has 2 saturated heterocycles. The topological polar surface area (TPSA) is 86.4 Å². The van der Waals surface area contributed by atoms with Crippen molar-refractivity contribution >= 4 is 18.2 Å². The molecular formula is C33H40N6O3. The van der Waals surface area contributed by atoms with Crippen molar-refractivity contribution in [2.24, 2.45) is 10.4 Å². The number of piperidine rings is 1. The van der Waals surface area contributed by atoms with Gasteiger partial charge in [0.2, 0.25) is 0 Å². The Bertz CT molecular complexity index is 1420. The van der Waals surface area contributed by atoms with Crippen LogP contribution in [0.5, 0.6) is 0 Å². The van der Waals surface area contributed by atoms with Crippen LogP contribution in [0, 0.1) is 5.41 Å². The number of likely N-dealkylation sites (tertiary alicyclic amines) is 1. The van der Waals surface area contributed by atoms with Gasteiger partial charge in [0.25, 0.3) is 0 Å². The highest BCUT2D eigenvalue weighted by molar-refractivity contribution is 5.75. The van der Waals surface area contributed by atoms with E-state index in [2.05, 4.69) is 34.3 Å². The standard InChI is InChI=1S/C33H40N6O3/c40-31(38-17-18-42-22-29(38)27-11-5-2-6-12-27)37-16-15-33(41,32(23-37)13-7-8-14-32)24-36-21-28-19-35-39(30(28)34-25-36)20-26-9-3-1-4-10-26/h1-6,9-12,19,25,29,41H,7-8,13-18,20-24H2/t29-,33?/m0/s1. The summed E-state index contributed by atoms with van der Waals surface area (Å²) in [6.07, 6.45) is 8.38. The Balaban J connectivity index is 1.06. The monoisotopic (exact) mass is 568 g/mol. The molecule has 3 aliphatic heterocycles. The van der Waals surface area contributed by atoms with Crippen molar-refractivity contribution < 1.29 is 14.6 Å². The average molecular weight is 569 g/mol. The van der Waals surface area contributed by atoms with E-state index < -0.39 is 5.60 Å². The third-order valence-electron chi connectivity index (χ3n) is 9.91. The predicted molar refractivity (Wildman–Crippen MR) is 160 cm³/mol. The van der Waals surface area contributed by atoms with Crippen LogP contribution < -0.4 is 0 Å². The molecule has 1 unspecified atom stereocenters. The summed E-state index contributed by atoms with van der Waals surface area (Å²) in [6, 6.07) is 20.4. The van der Waals surface area contributed by atoms with Gasteiger partial charge < -0.3 is 24.5 Å². The zero-order valence-electron chi connectivity index (χ0n) is 24.1. The SMILES string of the molecule is O=C(N1CCC(O)(CN2C=Nc3c(cnn3Cc3ccccc3)C2)C2(CCCC2)C1)N1CCOC[C@H]1c1ccccc1. The molecule has 9 heteroatoms. The van der Waals surface area contributed by atoms with Gasteiger partial charge in [0.05, 0.1) is 43.9 Å². The maximum Gasteiger partial charge on any atom is 0.320 e. The van der Waals surface area contributed by atoms with Gasteiger partial charge in [-0.15, -0.1) is 0 Å². The van der Waals surface area contributed by atoms with Gasteiger partial charge in [0.15, 0.2) is 5.82 Å². The largest absolute Gasteiger partial charge is 0.387 e. The number of amides is 2. The van der Waals surface area contributed by atoms with E-state index in [1.165, 1.54) is 5.56 Å². The fraction of sp³-hybridized carbons (Fsp3) is 0.485. The van der Waals surface area contributed by atoms with Gasteiger partial charge in [-0.2, -0.15) is 5.10 Å². The molecule has 4 heterocycles. The number of β-amino-alcohol motifs (C(OH)–C–C–N with tert-alkyl or cyclic N) is 1. The first-order chi connectivity index (χ1) is 20.5. The molecule has 2 atom stereocenters. The Hall–Kier alpha value is -3.69. The van der Waals surface area contributed by atoms with E-state index in [0.29, 0.717) is 58.9 Å². The van der Waals surface area contributed by atoms with Crippen molar-refractivity contribution in [1.82, 2.24) is 24.5 Å². The number of nitrogens with zero attached hydrogens (tertiary/aromatic N) is 6. The number of ether oxygens (including phenoxy) is 1. The first kappa shape index (κ1) is 27.2. The number of carbonyl (C=O) groups excluding carboxylic acids is 1. The van der Waals surface area contributed by atoms with Crippen LogP contribution in [0.2, 0.25) is 0 Å². The number of benzene rings is 2. The molecule has 9 nitrogen and oxygen atoms in total. The summed E-state index contributed by atoms with van der Waals surface area (Å²) in [5.74, 6) is 0.886. The van der Waals surface area contributed by atoms with Gasteiger partial charge in [0.1, 0.15) is 0 Å². The normalized spacial score (nSPS) is 25.2. The van der Waals surface area contributed by atoms with Crippen molar-refractivity contribution in [2.75, 3.05) is 39.4 Å². The molecule has 1 N–H and O–H groups in total. The number of aliphatic imine (C=N–C) groups is 1. The second kappa shape index (κ2) is 11.2. The number of aromatic nitrogens is 2. The lowest BCUT2D eigenvalue weighted by atomic mass is 9.65. The predicted octanol–water partition coefficient (Wildman–Crippen LogP) is 4.60. The summed E-state index contributed by atoms with van der Waals surface area (Å²) in [7, 11) is 0. The van der Waals surface area contributed by atoms with Crippen LogP contribution in [0.15, 0.2) is 71.9 Å². The van der Waals surface area contributed by atoms with Crippen molar-refractivity contribution in [3.8, 4) is 0 Å². The van der Waals surface area contributed by atoms with Gasteiger partial charge >= 0.3 is 6.03 Å². The molecule has 220 valence electrons. The summed E-state index contributed by atoms with van der Waals surface area (Å²) in [5.41, 5.74) is 2.15. The molecule has 4 aliphatic rings. The average Bonchev–Trinajstić information content (AvgIpc) is 3.67. The van der Waals surface area contributed by atoms with E-state index in [4.69, 9.17) is 9.73 Å². The molecule has 1 aromatic heterocycles. The third-order valence-corrected chi connectivity index (χ3v) is 9.91. The lowest BCUT2D eigenvalue weighted by Gasteiger charge is -2.54. The second-order valence-corrected chi connectivity index (χ2v) is 12.5. The summed E-state index contributed by atoms with van der Waals surface area (Å²) < 4.78 is 7.74. The molecule has 2 aromatic carbocycles. The number of urea groups is 1. The lowest BCUT2D eigenvalue weighted by molar-refractivity contribution is -0.135. The smallest absolute Gasteiger partial charge is 0.320 e. The molecule has 0 radical (unpaired) electrons. The van der Waals surface area contributed by atoms with Gasteiger partial charge in [0, 0.05) is 43.7 Å². The van der Waals surface area contributed by atoms with E-state index >= 15 is 0 Å². The van der Waals surface area contributed by atoms with Crippen molar-refractivity contribution in [2.45, 2.75) is 56.8 Å². The fourth-order valence-electron chi connectivity index (χ4n) is 7.61. The number of aliphatic hydroxyl groups is 1. The summed E-state index contributed by atoms with van der Waals surface area (Å²) in [6.45, 7) is 4.63. The van der Waals surface area contributed by atoms with Gasteiger partial charge in [-0.1, -0.05) is 73.5 Å². The number of morpholine rings is 1. The fourth-order valence-corrected chi connectivity index (χ4v) is 7.61. The molecular weight excluding hydrogens is 528 g/mol. The summed E-state index contributed by atoms with van der Waals surface area (Å²) in [4.78, 5) is 24.9. The number of carbonyl (C=O) groups is 1. The Kier molecular flexibility index (Phi) is 7.23. The molecule has 2 amide bonds. The van der Waals surface area contributed by atoms with Crippen molar-refractivity contribution in [3.63, 3.8) is 0 Å². The highest BCUT2D eigenvalue weighted by Gasteiger charge is 2.56. The molecule has 1 spiro atoms. The minimum absolute atomic E-state index is 0.0653. The van der Waals surface area contributed by atoms with Crippen molar-refractivity contribution in [3.05, 3.63) is 83.6 Å². The third kappa shape index (κ3) is 4.98. The van der Waals surface area contributed by atoms with Crippen LogP contribution >= 0.6 is 0 Å². The van der Waals surface area contributed by atoms with Gasteiger partial charge in [-0.3, -0.25) is 0 Å². The molecule has 7 rings (SSSR count). The van der Waals surface area contributed by atoms with E-state index in [9.17, 15) is 9.90 Å². The Morgan fingerprint density at radius 2 is 1.76 bits per heavy atom. The van der Waals surface area contributed by atoms with Crippen molar-refractivity contribution in [1.29, 1.82) is 0 Å². The molecule has 0 bridgehead atoms. The zero-order chi connectivity index (χ0) is 28.6. The quantitative estimate of drug-likeness (QED) is 0.486. The highest BCUT2D eigenvalue weighted by atomic mass is 16.5. The Labute approximate surface area is 247 Å². The maximum absolute atomic E-state index is 14.0. The summed E-state index contributed by atoms with van der Waals surface area (Å²) >= 11 is 0. The number of rotatable bonds is 5. The van der Waals surface area contributed by atoms with Crippen LogP contribution in [0.25, 0.3) is 0 Å². The van der Waals surface area contributed by atoms with E-state index in [0.717, 1.165) is 42.6 Å². The van der Waals surface area contributed by atoms with E-state index in [-0.39, 0.29) is 17.5 Å². The first-order valence-corrected chi connectivity index (χ1v) is 15.3. The number of fused-ring (bicyclic) bond motifs is 1. The molecule has 3 fully saturated rings. The zero-order valence-corrected chi connectivity index (χ0v) is 24.1. The molecule has 1 saturated carbocycles. The molecule has 3 aromatic rings. The number of hydrogen-bond donors (Lipinski definition) is 1. The van der Waals surface area contributed by atoms with Crippen LogP contribution in [-0.4, -0.2) is 87.0 Å². The van der Waals surface area contributed by atoms with Gasteiger partial charge in [-0.25, -0.2) is 14.5 Å². The first-order valence-electron chi connectivity index (χ1n) is 15.3. The molecule has 42 heavy (non-hydrogen) atoms. The Morgan fingerprint density at radius 3 is 2.55 bits per heavy atom. The van der Waals surface area contributed by atoms with Crippen LogP contribution in [0.1, 0.15) is 54.8 Å². The number of hydrogen-bond acceptors (Lipinski definition) is 6. The maximum atomic E-state index is 14.0. The van der Waals surface area contributed by atoms with Gasteiger partial charge in [-0.05, 0) is 30.4 Å². The minimum atomic E-state index is -0.895. The lowest BCUT2D eigenvalue weighted by Crippen LogP contribution is -2.65. The second-order valence-electron chi connectivity index (χ2n) is 12.5. The minimum Gasteiger partial charge on any atom is -0.387 e.